The van der Waals surface area contributed by atoms with E-state index in [1.165, 1.54) is 5.57 Å². The van der Waals surface area contributed by atoms with E-state index in [4.69, 9.17) is 9.05 Å². The summed E-state index contributed by atoms with van der Waals surface area (Å²) in [4.78, 5) is 0. The summed E-state index contributed by atoms with van der Waals surface area (Å²) in [5.41, 5.74) is 1.29. The van der Waals surface area contributed by atoms with E-state index in [1.54, 1.807) is 13.8 Å². The van der Waals surface area contributed by atoms with Crippen LogP contribution in [0.15, 0.2) is 11.6 Å². The molecule has 0 aliphatic heterocycles. The van der Waals surface area contributed by atoms with Crippen LogP contribution in [-0.4, -0.2) is 24.2 Å². The monoisotopic (exact) mass is 292 g/mol. The fraction of sp³-hybridized carbons (Fsp3) is 0.857. The first-order valence-corrected chi connectivity index (χ1v) is 8.67. The number of hydrogen-bond donors (Lipinski definition) is 1. The molecule has 0 rings (SSSR count). The zero-order valence-corrected chi connectivity index (χ0v) is 13.8. The summed E-state index contributed by atoms with van der Waals surface area (Å²) >= 11 is 0. The highest BCUT2D eigenvalue weighted by atomic mass is 31.2. The van der Waals surface area contributed by atoms with Crippen molar-refractivity contribution in [2.45, 2.75) is 59.7 Å². The van der Waals surface area contributed by atoms with Crippen molar-refractivity contribution in [3.8, 4) is 0 Å². The molecule has 0 spiro atoms. The molecule has 0 fully saturated rings. The van der Waals surface area contributed by atoms with E-state index in [0.717, 1.165) is 12.8 Å². The molecule has 0 saturated carbocycles. The second-order valence-electron chi connectivity index (χ2n) is 5.06. The second kappa shape index (κ2) is 9.71. The molecular weight excluding hydrogens is 263 g/mol. The molecule has 0 aromatic rings. The first-order chi connectivity index (χ1) is 8.85. The highest BCUT2D eigenvalue weighted by molar-refractivity contribution is 7.54. The van der Waals surface area contributed by atoms with E-state index in [2.05, 4.69) is 19.9 Å². The maximum absolute atomic E-state index is 12.3. The summed E-state index contributed by atoms with van der Waals surface area (Å²) < 4.78 is 22.6. The Bertz CT molecular complexity index is 301. The van der Waals surface area contributed by atoms with Crippen molar-refractivity contribution in [1.82, 2.24) is 0 Å². The Hall–Kier alpha value is -0.150. The summed E-state index contributed by atoms with van der Waals surface area (Å²) in [5, 5.41) is 10.1. The molecular formula is C14H29O4P. The molecule has 0 radical (unpaired) electrons. The average molecular weight is 292 g/mol. The molecule has 0 aliphatic carbocycles. The Morgan fingerprint density at radius 3 is 2.21 bits per heavy atom. The largest absolute Gasteiger partial charge is 0.380 e. The van der Waals surface area contributed by atoms with Crippen molar-refractivity contribution >= 4 is 7.60 Å². The maximum Gasteiger partial charge on any atom is 0.358 e. The quantitative estimate of drug-likeness (QED) is 0.480. The van der Waals surface area contributed by atoms with Gasteiger partial charge in [0.15, 0.2) is 5.85 Å². The van der Waals surface area contributed by atoms with Gasteiger partial charge < -0.3 is 14.2 Å². The van der Waals surface area contributed by atoms with Gasteiger partial charge >= 0.3 is 7.60 Å². The molecule has 19 heavy (non-hydrogen) atoms. The molecule has 1 N–H and O–H groups in total. The van der Waals surface area contributed by atoms with Gasteiger partial charge in [0.05, 0.1) is 13.2 Å². The summed E-state index contributed by atoms with van der Waals surface area (Å²) in [7, 11) is -3.38. The lowest BCUT2D eigenvalue weighted by atomic mass is 10.0. The maximum atomic E-state index is 12.3. The van der Waals surface area contributed by atoms with Crippen LogP contribution in [0.3, 0.4) is 0 Å². The van der Waals surface area contributed by atoms with Gasteiger partial charge in [0.2, 0.25) is 0 Å². The van der Waals surface area contributed by atoms with Crippen LogP contribution in [0.25, 0.3) is 0 Å². The lowest BCUT2D eigenvalue weighted by Crippen LogP contribution is -2.16. The minimum Gasteiger partial charge on any atom is -0.380 e. The van der Waals surface area contributed by atoms with Gasteiger partial charge in [-0.15, -0.1) is 0 Å². The molecule has 2 atom stereocenters. The predicted octanol–water partition coefficient (Wildman–Crippen LogP) is 4.34. The fourth-order valence-electron chi connectivity index (χ4n) is 1.83. The van der Waals surface area contributed by atoms with Crippen molar-refractivity contribution < 1.29 is 18.7 Å². The molecule has 0 amide bonds. The fourth-order valence-corrected chi connectivity index (χ4v) is 3.59. The molecule has 1 unspecified atom stereocenters. The third-order valence-electron chi connectivity index (χ3n) is 2.81. The molecule has 0 saturated heterocycles. The first kappa shape index (κ1) is 18.9. The summed E-state index contributed by atoms with van der Waals surface area (Å²) in [6, 6.07) is 0. The van der Waals surface area contributed by atoms with Gasteiger partial charge in [-0.1, -0.05) is 18.6 Å². The normalized spacial score (nSPS) is 15.1. The van der Waals surface area contributed by atoms with Crippen LogP contribution in [0.4, 0.5) is 0 Å². The molecule has 114 valence electrons. The van der Waals surface area contributed by atoms with Crippen LogP contribution in [0.5, 0.6) is 0 Å². The van der Waals surface area contributed by atoms with Gasteiger partial charge in [0, 0.05) is 0 Å². The number of hydrogen-bond acceptors (Lipinski definition) is 4. The lowest BCUT2D eigenvalue weighted by molar-refractivity contribution is 0.133. The molecule has 0 aromatic heterocycles. The SMILES string of the molecule is CCOP(=O)(OCC)C(O)C[C@H](C)CCC=C(C)C. The second-order valence-corrected chi connectivity index (χ2v) is 7.25. The van der Waals surface area contributed by atoms with E-state index < -0.39 is 13.4 Å². The summed E-state index contributed by atoms with van der Waals surface area (Å²) in [6.45, 7) is 10.2. The minimum atomic E-state index is -3.38. The average Bonchev–Trinajstić information content (AvgIpc) is 2.28. The third kappa shape index (κ3) is 7.88. The van der Waals surface area contributed by atoms with Crippen LogP contribution in [0.2, 0.25) is 0 Å². The van der Waals surface area contributed by atoms with Gasteiger partial charge in [0.1, 0.15) is 0 Å². The highest BCUT2D eigenvalue weighted by Gasteiger charge is 2.34. The van der Waals surface area contributed by atoms with Crippen molar-refractivity contribution in [1.29, 1.82) is 0 Å². The number of aliphatic hydroxyl groups is 1. The Morgan fingerprint density at radius 1 is 1.26 bits per heavy atom. The standard InChI is InChI=1S/C14H29O4P/c1-6-17-19(16,18-7-2)14(15)11-13(5)10-8-9-12(3)4/h9,13-15H,6-8,10-11H2,1-5H3/t13-,14?/m1/s1. The van der Waals surface area contributed by atoms with E-state index in [1.807, 2.05) is 6.92 Å². The Morgan fingerprint density at radius 2 is 1.79 bits per heavy atom. The minimum absolute atomic E-state index is 0.278. The molecule has 0 aromatic carbocycles. The molecule has 0 bridgehead atoms. The van der Waals surface area contributed by atoms with Gasteiger partial charge in [-0.05, 0) is 52.9 Å². The van der Waals surface area contributed by atoms with Crippen LogP contribution in [0.1, 0.15) is 53.9 Å². The lowest BCUT2D eigenvalue weighted by Gasteiger charge is -2.24. The van der Waals surface area contributed by atoms with Crippen LogP contribution in [0, 0.1) is 5.92 Å². The Kier molecular flexibility index (Phi) is 9.63. The van der Waals surface area contributed by atoms with E-state index in [0.29, 0.717) is 6.42 Å². The summed E-state index contributed by atoms with van der Waals surface area (Å²) in [5.74, 6) is -0.756. The van der Waals surface area contributed by atoms with Gasteiger partial charge in [-0.3, -0.25) is 4.57 Å². The topological polar surface area (TPSA) is 55.8 Å². The van der Waals surface area contributed by atoms with Gasteiger partial charge in [-0.25, -0.2) is 0 Å². The predicted molar refractivity (Wildman–Crippen MR) is 79.3 cm³/mol. The molecule has 4 nitrogen and oxygen atoms in total. The zero-order valence-electron chi connectivity index (χ0n) is 12.9. The third-order valence-corrected chi connectivity index (χ3v) is 4.99. The van der Waals surface area contributed by atoms with Crippen molar-refractivity contribution in [3.63, 3.8) is 0 Å². The van der Waals surface area contributed by atoms with E-state index in [9.17, 15) is 9.67 Å². The number of allylic oxidation sites excluding steroid dienone is 2. The number of aliphatic hydroxyl groups excluding tert-OH is 1. The van der Waals surface area contributed by atoms with Crippen molar-refractivity contribution in [2.75, 3.05) is 13.2 Å². The molecule has 0 heterocycles. The number of rotatable bonds is 10. The Labute approximate surface area is 117 Å². The van der Waals surface area contributed by atoms with Gasteiger partial charge in [0.25, 0.3) is 0 Å². The van der Waals surface area contributed by atoms with Gasteiger partial charge in [-0.2, -0.15) is 0 Å². The van der Waals surface area contributed by atoms with Crippen molar-refractivity contribution in [2.24, 2.45) is 5.92 Å². The van der Waals surface area contributed by atoms with Crippen LogP contribution >= 0.6 is 7.60 Å². The Balaban J connectivity index is 4.34. The van der Waals surface area contributed by atoms with Crippen LogP contribution in [-0.2, 0) is 13.6 Å². The highest BCUT2D eigenvalue weighted by Crippen LogP contribution is 2.53. The van der Waals surface area contributed by atoms with E-state index in [-0.39, 0.29) is 19.1 Å². The van der Waals surface area contributed by atoms with E-state index >= 15 is 0 Å². The first-order valence-electron chi connectivity index (χ1n) is 7.05. The van der Waals surface area contributed by atoms with Crippen LogP contribution < -0.4 is 0 Å². The smallest absolute Gasteiger partial charge is 0.358 e. The molecule has 0 aliphatic rings. The van der Waals surface area contributed by atoms with Crippen molar-refractivity contribution in [3.05, 3.63) is 11.6 Å². The zero-order chi connectivity index (χ0) is 14.9. The summed E-state index contributed by atoms with van der Waals surface area (Å²) in [6.07, 6.45) is 4.55. The molecule has 5 heteroatoms.